The molecule has 2 rings (SSSR count). The largest absolute Gasteiger partial charge is 0.385 e. The van der Waals surface area contributed by atoms with Crippen molar-refractivity contribution in [3.8, 4) is 0 Å². The Hall–Kier alpha value is -0.610. The fourth-order valence-electron chi connectivity index (χ4n) is 1.61. The van der Waals surface area contributed by atoms with Crippen LogP contribution in [0.15, 0.2) is 22.7 Å². The number of anilines is 1. The Morgan fingerprint density at radius 3 is 3.07 bits per heavy atom. The fourth-order valence-corrected chi connectivity index (χ4v) is 1.86. The van der Waals surface area contributed by atoms with Gasteiger partial charge in [0.15, 0.2) is 0 Å². The Bertz CT molecular complexity index is 339. The second-order valence-electron chi connectivity index (χ2n) is 3.74. The van der Waals surface area contributed by atoms with E-state index in [0.717, 1.165) is 31.9 Å². The molecule has 1 aliphatic rings. The summed E-state index contributed by atoms with van der Waals surface area (Å²) >= 11 is 3.12. The molecule has 1 aromatic rings. The number of rotatable bonds is 3. The van der Waals surface area contributed by atoms with Gasteiger partial charge in [-0.1, -0.05) is 0 Å². The molecular formula is C11H13BrFNO. The van der Waals surface area contributed by atoms with Gasteiger partial charge in [-0.3, -0.25) is 0 Å². The maximum absolute atomic E-state index is 13.2. The van der Waals surface area contributed by atoms with Crippen molar-refractivity contribution in [3.05, 3.63) is 28.5 Å². The summed E-state index contributed by atoms with van der Waals surface area (Å²) < 4.78 is 18.9. The zero-order chi connectivity index (χ0) is 10.7. The highest BCUT2D eigenvalue weighted by Crippen LogP contribution is 2.20. The molecule has 1 heterocycles. The summed E-state index contributed by atoms with van der Waals surface area (Å²) in [7, 11) is 0. The van der Waals surface area contributed by atoms with Crippen LogP contribution in [-0.4, -0.2) is 19.8 Å². The number of ether oxygens (including phenoxy) is 1. The second-order valence-corrected chi connectivity index (χ2v) is 4.59. The van der Waals surface area contributed by atoms with Crippen LogP contribution >= 0.6 is 15.9 Å². The molecule has 1 atom stereocenters. The van der Waals surface area contributed by atoms with Gasteiger partial charge in [0.05, 0.1) is 11.1 Å². The van der Waals surface area contributed by atoms with Crippen LogP contribution in [0.2, 0.25) is 0 Å². The first kappa shape index (κ1) is 10.9. The molecule has 0 aromatic heterocycles. The molecule has 0 spiro atoms. The molecule has 0 bridgehead atoms. The quantitative estimate of drug-likeness (QED) is 0.914. The van der Waals surface area contributed by atoms with Crippen LogP contribution in [-0.2, 0) is 4.74 Å². The highest BCUT2D eigenvalue weighted by molar-refractivity contribution is 9.10. The van der Waals surface area contributed by atoms with E-state index in [1.54, 1.807) is 6.07 Å². The Labute approximate surface area is 96.9 Å². The van der Waals surface area contributed by atoms with Gasteiger partial charge in [-0.05, 0) is 40.5 Å². The first-order valence-corrected chi connectivity index (χ1v) is 5.81. The molecule has 1 fully saturated rings. The summed E-state index contributed by atoms with van der Waals surface area (Å²) in [6.07, 6.45) is 1.09. The molecule has 1 unspecified atom stereocenters. The molecule has 15 heavy (non-hydrogen) atoms. The average Bonchev–Trinajstić information content (AvgIpc) is 2.73. The monoisotopic (exact) mass is 273 g/mol. The summed E-state index contributed by atoms with van der Waals surface area (Å²) in [6.45, 7) is 2.51. The molecule has 1 N–H and O–H groups in total. The van der Waals surface area contributed by atoms with Crippen LogP contribution in [0, 0.1) is 11.7 Å². The SMILES string of the molecule is Fc1cc(NCC2CCOC2)ccc1Br. The molecule has 0 radical (unpaired) electrons. The van der Waals surface area contributed by atoms with Crippen molar-refractivity contribution in [3.63, 3.8) is 0 Å². The van der Waals surface area contributed by atoms with E-state index in [1.165, 1.54) is 6.07 Å². The first-order chi connectivity index (χ1) is 7.25. The molecule has 2 nitrogen and oxygen atoms in total. The van der Waals surface area contributed by atoms with E-state index in [2.05, 4.69) is 21.2 Å². The van der Waals surface area contributed by atoms with Gasteiger partial charge in [0.1, 0.15) is 5.82 Å². The van der Waals surface area contributed by atoms with Gasteiger partial charge in [0.25, 0.3) is 0 Å². The smallest absolute Gasteiger partial charge is 0.139 e. The van der Waals surface area contributed by atoms with Gasteiger partial charge in [-0.15, -0.1) is 0 Å². The standard InChI is InChI=1S/C11H13BrFNO/c12-10-2-1-9(5-11(10)13)14-6-8-3-4-15-7-8/h1-2,5,8,14H,3-4,6-7H2. The second kappa shape index (κ2) is 4.94. The van der Waals surface area contributed by atoms with Gasteiger partial charge in [0.2, 0.25) is 0 Å². The Balaban J connectivity index is 1.90. The minimum atomic E-state index is -0.234. The van der Waals surface area contributed by atoms with E-state index in [-0.39, 0.29) is 5.82 Å². The number of nitrogens with one attached hydrogen (secondary N) is 1. The van der Waals surface area contributed by atoms with Gasteiger partial charge < -0.3 is 10.1 Å². The van der Waals surface area contributed by atoms with Crippen LogP contribution in [0.1, 0.15) is 6.42 Å². The lowest BCUT2D eigenvalue weighted by Gasteiger charge is -2.10. The maximum atomic E-state index is 13.2. The average molecular weight is 274 g/mol. The lowest BCUT2D eigenvalue weighted by molar-refractivity contribution is 0.187. The van der Waals surface area contributed by atoms with Crippen molar-refractivity contribution in [1.29, 1.82) is 0 Å². The lowest BCUT2D eigenvalue weighted by Crippen LogP contribution is -2.14. The van der Waals surface area contributed by atoms with Crippen molar-refractivity contribution < 1.29 is 9.13 Å². The predicted octanol–water partition coefficient (Wildman–Crippen LogP) is 3.04. The minimum Gasteiger partial charge on any atom is -0.385 e. The number of hydrogen-bond acceptors (Lipinski definition) is 2. The Kier molecular flexibility index (Phi) is 3.59. The Morgan fingerprint density at radius 1 is 1.53 bits per heavy atom. The summed E-state index contributed by atoms with van der Waals surface area (Å²) in [5.41, 5.74) is 0.822. The van der Waals surface area contributed by atoms with E-state index < -0.39 is 0 Å². The molecule has 1 aliphatic heterocycles. The zero-order valence-corrected chi connectivity index (χ0v) is 9.89. The summed E-state index contributed by atoms with van der Waals surface area (Å²) in [6, 6.07) is 5.08. The van der Waals surface area contributed by atoms with Gasteiger partial charge in [-0.25, -0.2) is 4.39 Å². The van der Waals surface area contributed by atoms with Crippen LogP contribution < -0.4 is 5.32 Å². The number of hydrogen-bond donors (Lipinski definition) is 1. The third kappa shape index (κ3) is 2.92. The molecule has 0 aliphatic carbocycles. The molecule has 1 aromatic carbocycles. The fraction of sp³-hybridized carbons (Fsp3) is 0.455. The summed E-state index contributed by atoms with van der Waals surface area (Å²) in [4.78, 5) is 0. The van der Waals surface area contributed by atoms with Crippen molar-refractivity contribution in [2.45, 2.75) is 6.42 Å². The third-order valence-electron chi connectivity index (χ3n) is 2.54. The van der Waals surface area contributed by atoms with Gasteiger partial charge >= 0.3 is 0 Å². The minimum absolute atomic E-state index is 0.234. The highest BCUT2D eigenvalue weighted by atomic mass is 79.9. The molecule has 1 saturated heterocycles. The normalized spacial score (nSPS) is 20.5. The lowest BCUT2D eigenvalue weighted by atomic mass is 10.1. The van der Waals surface area contributed by atoms with Crippen molar-refractivity contribution >= 4 is 21.6 Å². The molecule has 4 heteroatoms. The van der Waals surface area contributed by atoms with Crippen LogP contribution in [0.5, 0.6) is 0 Å². The highest BCUT2D eigenvalue weighted by Gasteiger charge is 2.15. The molecule has 0 amide bonds. The van der Waals surface area contributed by atoms with Crippen molar-refractivity contribution in [1.82, 2.24) is 0 Å². The molecule has 0 saturated carbocycles. The van der Waals surface area contributed by atoms with E-state index in [4.69, 9.17) is 4.74 Å². The summed E-state index contributed by atoms with van der Waals surface area (Å²) in [5, 5.41) is 3.21. The van der Waals surface area contributed by atoms with Crippen LogP contribution in [0.4, 0.5) is 10.1 Å². The molecule has 82 valence electrons. The van der Waals surface area contributed by atoms with Crippen LogP contribution in [0.3, 0.4) is 0 Å². The van der Waals surface area contributed by atoms with Crippen molar-refractivity contribution in [2.24, 2.45) is 5.92 Å². The van der Waals surface area contributed by atoms with E-state index >= 15 is 0 Å². The molecular weight excluding hydrogens is 261 g/mol. The summed E-state index contributed by atoms with van der Waals surface area (Å²) in [5.74, 6) is 0.319. The Morgan fingerprint density at radius 2 is 2.40 bits per heavy atom. The van der Waals surface area contributed by atoms with Gasteiger partial charge in [-0.2, -0.15) is 0 Å². The first-order valence-electron chi connectivity index (χ1n) is 5.02. The van der Waals surface area contributed by atoms with E-state index in [9.17, 15) is 4.39 Å². The van der Waals surface area contributed by atoms with E-state index in [0.29, 0.717) is 10.4 Å². The van der Waals surface area contributed by atoms with Crippen LogP contribution in [0.25, 0.3) is 0 Å². The predicted molar refractivity (Wildman–Crippen MR) is 61.5 cm³/mol. The number of halogens is 2. The van der Waals surface area contributed by atoms with Gasteiger partial charge in [0, 0.05) is 24.8 Å². The van der Waals surface area contributed by atoms with Crippen molar-refractivity contribution in [2.75, 3.05) is 25.1 Å². The third-order valence-corrected chi connectivity index (χ3v) is 3.18. The van der Waals surface area contributed by atoms with E-state index in [1.807, 2.05) is 6.07 Å². The topological polar surface area (TPSA) is 21.3 Å². The maximum Gasteiger partial charge on any atom is 0.139 e. The number of benzene rings is 1. The zero-order valence-electron chi connectivity index (χ0n) is 8.30.